The molecule has 0 amide bonds. The Kier molecular flexibility index (Phi) is 5.01. The number of hydrogen-bond donors (Lipinski definition) is 0. The lowest BCUT2D eigenvalue weighted by atomic mass is 10.2. The van der Waals surface area contributed by atoms with Gasteiger partial charge in [0.2, 0.25) is 5.79 Å². The molecule has 1 fully saturated rings. The summed E-state index contributed by atoms with van der Waals surface area (Å²) in [6.45, 7) is 3.54. The minimum atomic E-state index is -0.945. The molecule has 0 atom stereocenters. The van der Waals surface area contributed by atoms with Gasteiger partial charge in [-0.15, -0.1) is 0 Å². The topological polar surface area (TPSA) is 54.0 Å². The van der Waals surface area contributed by atoms with Gasteiger partial charge in [-0.2, -0.15) is 0 Å². The summed E-state index contributed by atoms with van der Waals surface area (Å²) in [5.41, 5.74) is 0. The SMILES string of the molecule is CCOC(=O)CC1(COC)OCCCO1. The molecule has 0 aromatic heterocycles. The maximum Gasteiger partial charge on any atom is 0.311 e. The molecule has 5 nitrogen and oxygen atoms in total. The van der Waals surface area contributed by atoms with Crippen molar-refractivity contribution in [3.63, 3.8) is 0 Å². The number of ether oxygens (including phenoxy) is 4. The van der Waals surface area contributed by atoms with Crippen LogP contribution in [0.25, 0.3) is 0 Å². The normalized spacial score (nSPS) is 19.9. The third-order valence-corrected chi connectivity index (χ3v) is 2.10. The van der Waals surface area contributed by atoms with E-state index in [0.29, 0.717) is 19.8 Å². The zero-order valence-corrected chi connectivity index (χ0v) is 9.28. The molecule has 0 saturated carbocycles. The molecule has 88 valence electrons. The van der Waals surface area contributed by atoms with Gasteiger partial charge < -0.3 is 18.9 Å². The second kappa shape index (κ2) is 6.05. The van der Waals surface area contributed by atoms with Crippen LogP contribution in [0.1, 0.15) is 19.8 Å². The number of esters is 1. The van der Waals surface area contributed by atoms with Crippen molar-refractivity contribution in [2.24, 2.45) is 0 Å². The monoisotopic (exact) mass is 218 g/mol. The maximum absolute atomic E-state index is 11.4. The fraction of sp³-hybridized carbons (Fsp3) is 0.900. The van der Waals surface area contributed by atoms with E-state index in [1.165, 1.54) is 0 Å². The summed E-state index contributed by atoms with van der Waals surface area (Å²) in [7, 11) is 1.55. The van der Waals surface area contributed by atoms with Crippen molar-refractivity contribution in [2.45, 2.75) is 25.6 Å². The highest BCUT2D eigenvalue weighted by Gasteiger charge is 2.37. The van der Waals surface area contributed by atoms with Crippen LogP contribution >= 0.6 is 0 Å². The lowest BCUT2D eigenvalue weighted by Gasteiger charge is -2.35. The van der Waals surface area contributed by atoms with Gasteiger partial charge >= 0.3 is 5.97 Å². The van der Waals surface area contributed by atoms with Crippen molar-refractivity contribution in [1.29, 1.82) is 0 Å². The second-order valence-corrected chi connectivity index (χ2v) is 3.38. The van der Waals surface area contributed by atoms with Crippen LogP contribution in [0.2, 0.25) is 0 Å². The van der Waals surface area contributed by atoms with E-state index >= 15 is 0 Å². The molecule has 1 aliphatic heterocycles. The van der Waals surface area contributed by atoms with Gasteiger partial charge in [-0.05, 0) is 13.3 Å². The van der Waals surface area contributed by atoms with Crippen LogP contribution in [0.3, 0.4) is 0 Å². The van der Waals surface area contributed by atoms with E-state index in [-0.39, 0.29) is 19.0 Å². The van der Waals surface area contributed by atoms with Gasteiger partial charge in [0.25, 0.3) is 0 Å². The van der Waals surface area contributed by atoms with Crippen LogP contribution in [0.4, 0.5) is 0 Å². The second-order valence-electron chi connectivity index (χ2n) is 3.38. The zero-order valence-electron chi connectivity index (χ0n) is 9.28. The van der Waals surface area contributed by atoms with Crippen molar-refractivity contribution < 1.29 is 23.7 Å². The lowest BCUT2D eigenvalue weighted by molar-refractivity contribution is -0.286. The predicted octanol–water partition coefficient (Wildman–Crippen LogP) is 0.719. The van der Waals surface area contributed by atoms with Crippen LogP contribution < -0.4 is 0 Å². The van der Waals surface area contributed by atoms with Crippen molar-refractivity contribution >= 4 is 5.97 Å². The Morgan fingerprint density at radius 1 is 1.40 bits per heavy atom. The molecule has 0 aromatic rings. The standard InChI is InChI=1S/C10H18O5/c1-3-13-9(11)7-10(8-12-2)14-5-4-6-15-10/h3-8H2,1-2H3. The van der Waals surface area contributed by atoms with Crippen LogP contribution in [-0.2, 0) is 23.7 Å². The van der Waals surface area contributed by atoms with Gasteiger partial charge in [-0.25, -0.2) is 0 Å². The maximum atomic E-state index is 11.4. The van der Waals surface area contributed by atoms with Crippen molar-refractivity contribution in [1.82, 2.24) is 0 Å². The Labute approximate surface area is 89.6 Å². The molecule has 1 aliphatic rings. The van der Waals surface area contributed by atoms with E-state index in [1.54, 1.807) is 14.0 Å². The molecule has 0 unspecified atom stereocenters. The summed E-state index contributed by atoms with van der Waals surface area (Å²) in [5, 5.41) is 0. The number of rotatable bonds is 5. The third-order valence-electron chi connectivity index (χ3n) is 2.10. The number of hydrogen-bond acceptors (Lipinski definition) is 5. The predicted molar refractivity (Wildman–Crippen MR) is 52.4 cm³/mol. The summed E-state index contributed by atoms with van der Waals surface area (Å²) in [6, 6.07) is 0. The summed E-state index contributed by atoms with van der Waals surface area (Å²) >= 11 is 0. The fourth-order valence-electron chi connectivity index (χ4n) is 1.51. The average Bonchev–Trinajstić information content (AvgIpc) is 2.19. The minimum Gasteiger partial charge on any atom is -0.466 e. The minimum absolute atomic E-state index is 0.0781. The van der Waals surface area contributed by atoms with Gasteiger partial charge in [0, 0.05) is 7.11 Å². The highest BCUT2D eigenvalue weighted by atomic mass is 16.7. The molecular weight excluding hydrogens is 200 g/mol. The van der Waals surface area contributed by atoms with Crippen LogP contribution in [0, 0.1) is 0 Å². The Morgan fingerprint density at radius 2 is 2.07 bits per heavy atom. The van der Waals surface area contributed by atoms with E-state index in [9.17, 15) is 4.79 Å². The molecule has 0 bridgehead atoms. The largest absolute Gasteiger partial charge is 0.466 e. The number of carbonyl (C=O) groups is 1. The van der Waals surface area contributed by atoms with Crippen LogP contribution in [-0.4, -0.2) is 45.3 Å². The molecule has 5 heteroatoms. The smallest absolute Gasteiger partial charge is 0.311 e. The van der Waals surface area contributed by atoms with E-state index in [4.69, 9.17) is 18.9 Å². The van der Waals surface area contributed by atoms with Crippen molar-refractivity contribution in [3.8, 4) is 0 Å². The van der Waals surface area contributed by atoms with Crippen LogP contribution in [0.5, 0.6) is 0 Å². The molecule has 0 aliphatic carbocycles. The quantitative estimate of drug-likeness (QED) is 0.636. The molecule has 1 rings (SSSR count). The summed E-state index contributed by atoms with van der Waals surface area (Å²) in [6.07, 6.45) is 0.920. The summed E-state index contributed by atoms with van der Waals surface area (Å²) in [5.74, 6) is -1.27. The van der Waals surface area contributed by atoms with Gasteiger partial charge in [0.05, 0.1) is 19.8 Å². The molecule has 1 saturated heterocycles. The van der Waals surface area contributed by atoms with Gasteiger partial charge in [-0.3, -0.25) is 4.79 Å². The van der Waals surface area contributed by atoms with Gasteiger partial charge in [0.15, 0.2) is 0 Å². The lowest BCUT2D eigenvalue weighted by Crippen LogP contribution is -2.46. The van der Waals surface area contributed by atoms with E-state index in [1.807, 2.05) is 0 Å². The highest BCUT2D eigenvalue weighted by molar-refractivity contribution is 5.70. The van der Waals surface area contributed by atoms with E-state index in [0.717, 1.165) is 6.42 Å². The van der Waals surface area contributed by atoms with E-state index < -0.39 is 5.79 Å². The summed E-state index contributed by atoms with van der Waals surface area (Å²) in [4.78, 5) is 11.4. The molecule has 1 heterocycles. The van der Waals surface area contributed by atoms with E-state index in [2.05, 4.69) is 0 Å². The first-order valence-electron chi connectivity index (χ1n) is 5.15. The van der Waals surface area contributed by atoms with Gasteiger partial charge in [-0.1, -0.05) is 0 Å². The van der Waals surface area contributed by atoms with Crippen molar-refractivity contribution in [2.75, 3.05) is 33.5 Å². The molecule has 0 spiro atoms. The Bertz CT molecular complexity index is 192. The molecule has 0 aromatic carbocycles. The van der Waals surface area contributed by atoms with Crippen molar-refractivity contribution in [3.05, 3.63) is 0 Å². The average molecular weight is 218 g/mol. The fourth-order valence-corrected chi connectivity index (χ4v) is 1.51. The number of carbonyl (C=O) groups excluding carboxylic acids is 1. The van der Waals surface area contributed by atoms with Gasteiger partial charge in [0.1, 0.15) is 13.0 Å². The Morgan fingerprint density at radius 3 is 2.60 bits per heavy atom. The molecule has 0 N–H and O–H groups in total. The van der Waals surface area contributed by atoms with Crippen LogP contribution in [0.15, 0.2) is 0 Å². The highest BCUT2D eigenvalue weighted by Crippen LogP contribution is 2.23. The first-order valence-corrected chi connectivity index (χ1v) is 5.15. The number of methoxy groups -OCH3 is 1. The Hall–Kier alpha value is -0.650. The third kappa shape index (κ3) is 3.77. The summed E-state index contributed by atoms with van der Waals surface area (Å²) < 4.78 is 20.8. The Balaban J connectivity index is 2.51. The molecule has 0 radical (unpaired) electrons. The first-order chi connectivity index (χ1) is 7.22. The zero-order chi connectivity index (χ0) is 11.1. The molecular formula is C10H18O5. The molecule has 15 heavy (non-hydrogen) atoms. The first kappa shape index (κ1) is 12.4.